The van der Waals surface area contributed by atoms with Crippen molar-refractivity contribution in [1.29, 1.82) is 0 Å². The average molecular weight is 513 g/mol. The number of amides is 1. The second-order valence-electron chi connectivity index (χ2n) is 10.3. The van der Waals surface area contributed by atoms with E-state index in [-0.39, 0.29) is 23.1 Å². The zero-order valence-corrected chi connectivity index (χ0v) is 21.5. The number of carbonyl (C=O) groups is 2. The number of anilines is 2. The van der Waals surface area contributed by atoms with Crippen LogP contribution in [-0.2, 0) is 4.74 Å². The highest BCUT2D eigenvalue weighted by Gasteiger charge is 2.25. The van der Waals surface area contributed by atoms with Crippen molar-refractivity contribution in [3.8, 4) is 0 Å². The van der Waals surface area contributed by atoms with Crippen molar-refractivity contribution in [2.75, 3.05) is 29.9 Å². The van der Waals surface area contributed by atoms with Gasteiger partial charge in [0.25, 0.3) is 0 Å². The molecule has 0 radical (unpaired) electrons. The second kappa shape index (κ2) is 10.6. The number of hydrogen-bond donors (Lipinski definition) is 3. The molecule has 37 heavy (non-hydrogen) atoms. The third-order valence-corrected chi connectivity index (χ3v) is 6.31. The third kappa shape index (κ3) is 6.46. The fraction of sp³-hybridized carbons (Fsp3) is 0.462. The lowest BCUT2D eigenvalue weighted by Crippen LogP contribution is -2.40. The standard InChI is InChI=1S/C26H33FN6O4/c1-16(30-22-9-12-33-23(31-22)20(15-29-33)24(34)35)19-13-18(27)5-6-21(19)32-10-7-17(8-11-32)14-28-25(36)37-26(2,3)4/h5-6,9,12-13,15-17H,7-8,10-11,14H2,1-4H3,(H,28,36)(H,30,31)(H,34,35). The molecule has 1 unspecified atom stereocenters. The van der Waals surface area contributed by atoms with Crippen molar-refractivity contribution in [1.82, 2.24) is 19.9 Å². The van der Waals surface area contributed by atoms with Gasteiger partial charge in [0, 0.05) is 37.1 Å². The Hall–Kier alpha value is -3.89. The third-order valence-electron chi connectivity index (χ3n) is 6.31. The summed E-state index contributed by atoms with van der Waals surface area (Å²) in [7, 11) is 0. The summed E-state index contributed by atoms with van der Waals surface area (Å²) < 4.78 is 21.0. The molecule has 0 spiro atoms. The summed E-state index contributed by atoms with van der Waals surface area (Å²) in [5, 5.41) is 19.5. The van der Waals surface area contributed by atoms with Crippen molar-refractivity contribution in [2.45, 2.75) is 52.2 Å². The van der Waals surface area contributed by atoms with E-state index in [1.165, 1.54) is 22.8 Å². The minimum Gasteiger partial charge on any atom is -0.477 e. The van der Waals surface area contributed by atoms with Gasteiger partial charge in [0.05, 0.1) is 12.2 Å². The summed E-state index contributed by atoms with van der Waals surface area (Å²) in [6.07, 6.45) is 4.24. The van der Waals surface area contributed by atoms with E-state index in [4.69, 9.17) is 4.74 Å². The number of aromatic nitrogens is 3. The number of nitrogens with one attached hydrogen (secondary N) is 2. The van der Waals surface area contributed by atoms with Crippen molar-refractivity contribution in [3.05, 3.63) is 53.6 Å². The molecule has 3 aromatic rings. The molecule has 4 rings (SSSR count). The van der Waals surface area contributed by atoms with Crippen LogP contribution in [0.25, 0.3) is 5.65 Å². The normalized spacial score (nSPS) is 15.4. The number of benzene rings is 1. The Morgan fingerprint density at radius 2 is 1.97 bits per heavy atom. The Morgan fingerprint density at radius 1 is 1.24 bits per heavy atom. The molecule has 3 heterocycles. The van der Waals surface area contributed by atoms with Crippen LogP contribution in [0, 0.1) is 11.7 Å². The summed E-state index contributed by atoms with van der Waals surface area (Å²) in [6, 6.07) is 6.16. The fourth-order valence-corrected chi connectivity index (χ4v) is 4.48. The van der Waals surface area contributed by atoms with Gasteiger partial charge >= 0.3 is 12.1 Å². The summed E-state index contributed by atoms with van der Waals surface area (Å²) in [6.45, 7) is 9.51. The number of ether oxygens (including phenoxy) is 1. The molecule has 0 aliphatic carbocycles. The van der Waals surface area contributed by atoms with Crippen LogP contribution in [0.3, 0.4) is 0 Å². The van der Waals surface area contributed by atoms with E-state index in [1.807, 2.05) is 27.7 Å². The number of carboxylic acids is 1. The Bertz CT molecular complexity index is 1280. The lowest BCUT2D eigenvalue weighted by Gasteiger charge is -2.36. The monoisotopic (exact) mass is 512 g/mol. The Labute approximate surface area is 214 Å². The van der Waals surface area contributed by atoms with E-state index in [9.17, 15) is 19.1 Å². The largest absolute Gasteiger partial charge is 0.477 e. The van der Waals surface area contributed by atoms with Crippen molar-refractivity contribution in [2.24, 2.45) is 5.92 Å². The Balaban J connectivity index is 1.42. The summed E-state index contributed by atoms with van der Waals surface area (Å²) in [5.41, 5.74) is 1.41. The molecular formula is C26H33FN6O4. The van der Waals surface area contributed by atoms with Gasteiger partial charge in [-0.05, 0) is 70.7 Å². The zero-order valence-electron chi connectivity index (χ0n) is 21.5. The molecule has 3 N–H and O–H groups in total. The summed E-state index contributed by atoms with van der Waals surface area (Å²) in [5.74, 6) is -0.649. The Kier molecular flexibility index (Phi) is 7.51. The van der Waals surface area contributed by atoms with Gasteiger partial charge in [0.2, 0.25) is 0 Å². The maximum Gasteiger partial charge on any atom is 0.407 e. The van der Waals surface area contributed by atoms with Gasteiger partial charge in [-0.15, -0.1) is 0 Å². The lowest BCUT2D eigenvalue weighted by molar-refractivity contribution is 0.0516. The topological polar surface area (TPSA) is 121 Å². The van der Waals surface area contributed by atoms with Crippen molar-refractivity contribution >= 4 is 29.2 Å². The van der Waals surface area contributed by atoms with E-state index in [0.717, 1.165) is 37.2 Å². The molecule has 0 saturated carbocycles. The van der Waals surface area contributed by atoms with E-state index in [0.29, 0.717) is 18.3 Å². The Morgan fingerprint density at radius 3 is 2.65 bits per heavy atom. The van der Waals surface area contributed by atoms with Crippen LogP contribution in [0.5, 0.6) is 0 Å². The number of piperidine rings is 1. The molecule has 198 valence electrons. The van der Waals surface area contributed by atoms with Gasteiger partial charge in [-0.2, -0.15) is 5.10 Å². The SMILES string of the molecule is CC(Nc1ccn2ncc(C(=O)O)c2n1)c1cc(F)ccc1N1CCC(CNC(=O)OC(C)(C)C)CC1. The van der Waals surface area contributed by atoms with Gasteiger partial charge in [0.15, 0.2) is 5.65 Å². The highest BCUT2D eigenvalue weighted by atomic mass is 19.1. The van der Waals surface area contributed by atoms with Crippen LogP contribution in [0.2, 0.25) is 0 Å². The number of nitrogens with zero attached hydrogens (tertiary/aromatic N) is 4. The number of carboxylic acid groups (broad SMARTS) is 1. The molecule has 1 aliphatic heterocycles. The number of carbonyl (C=O) groups excluding carboxylic acids is 1. The van der Waals surface area contributed by atoms with Crippen LogP contribution >= 0.6 is 0 Å². The number of aromatic carboxylic acids is 1. The van der Waals surface area contributed by atoms with Gasteiger partial charge in [-0.1, -0.05) is 0 Å². The summed E-state index contributed by atoms with van der Waals surface area (Å²) >= 11 is 0. The molecule has 1 atom stereocenters. The second-order valence-corrected chi connectivity index (χ2v) is 10.3. The van der Waals surface area contributed by atoms with Gasteiger partial charge in [-0.3, -0.25) is 0 Å². The zero-order chi connectivity index (χ0) is 26.7. The first kappa shape index (κ1) is 26.2. The first-order chi connectivity index (χ1) is 17.5. The van der Waals surface area contributed by atoms with Crippen LogP contribution in [0.15, 0.2) is 36.7 Å². The molecule has 1 amide bonds. The maximum atomic E-state index is 14.3. The molecular weight excluding hydrogens is 479 g/mol. The summed E-state index contributed by atoms with van der Waals surface area (Å²) in [4.78, 5) is 30.1. The highest BCUT2D eigenvalue weighted by Crippen LogP contribution is 2.32. The molecule has 1 fully saturated rings. The highest BCUT2D eigenvalue weighted by molar-refractivity contribution is 5.94. The predicted octanol–water partition coefficient (Wildman–Crippen LogP) is 4.48. The first-order valence-electron chi connectivity index (χ1n) is 12.4. The molecule has 1 aliphatic rings. The minimum atomic E-state index is -1.11. The quantitative estimate of drug-likeness (QED) is 0.424. The molecule has 2 aromatic heterocycles. The average Bonchev–Trinajstić information content (AvgIpc) is 3.26. The molecule has 1 aromatic carbocycles. The number of rotatable bonds is 7. The van der Waals surface area contributed by atoms with Gasteiger partial charge in [-0.25, -0.2) is 23.5 Å². The lowest BCUT2D eigenvalue weighted by atomic mass is 9.95. The molecule has 0 bridgehead atoms. The fourth-order valence-electron chi connectivity index (χ4n) is 4.48. The molecule has 1 saturated heterocycles. The van der Waals surface area contributed by atoms with Gasteiger partial charge < -0.3 is 25.4 Å². The number of hydrogen-bond acceptors (Lipinski definition) is 7. The number of halogens is 1. The maximum absolute atomic E-state index is 14.3. The van der Waals surface area contributed by atoms with Crippen LogP contribution < -0.4 is 15.5 Å². The van der Waals surface area contributed by atoms with E-state index < -0.39 is 17.7 Å². The minimum absolute atomic E-state index is 0.00628. The predicted molar refractivity (Wildman–Crippen MR) is 138 cm³/mol. The van der Waals surface area contributed by atoms with E-state index >= 15 is 0 Å². The van der Waals surface area contributed by atoms with Crippen LogP contribution in [0.1, 0.15) is 62.5 Å². The molecule has 11 heteroatoms. The van der Waals surface area contributed by atoms with Crippen LogP contribution in [-0.4, -0.2) is 57.0 Å². The first-order valence-corrected chi connectivity index (χ1v) is 12.4. The number of fused-ring (bicyclic) bond motifs is 1. The van der Waals surface area contributed by atoms with E-state index in [2.05, 4.69) is 25.6 Å². The van der Waals surface area contributed by atoms with E-state index in [1.54, 1.807) is 18.3 Å². The molecule has 10 nitrogen and oxygen atoms in total. The van der Waals surface area contributed by atoms with Crippen molar-refractivity contribution < 1.29 is 23.8 Å². The van der Waals surface area contributed by atoms with Crippen LogP contribution in [0.4, 0.5) is 20.7 Å². The number of alkyl carbamates (subject to hydrolysis) is 1. The van der Waals surface area contributed by atoms with Gasteiger partial charge in [0.1, 0.15) is 22.8 Å². The smallest absolute Gasteiger partial charge is 0.407 e. The van der Waals surface area contributed by atoms with Crippen molar-refractivity contribution in [3.63, 3.8) is 0 Å².